The van der Waals surface area contributed by atoms with Crippen LogP contribution in [0.4, 0.5) is 11.6 Å². The highest BCUT2D eigenvalue weighted by Crippen LogP contribution is 2.16. The molecule has 128 valence electrons. The van der Waals surface area contributed by atoms with Gasteiger partial charge in [0.15, 0.2) is 0 Å². The molecule has 0 fully saturated rings. The molecule has 1 aromatic heterocycles. The second-order valence-electron chi connectivity index (χ2n) is 5.12. The lowest BCUT2D eigenvalue weighted by atomic mass is 10.2. The summed E-state index contributed by atoms with van der Waals surface area (Å²) < 4.78 is 27.1. The molecule has 0 amide bonds. The Morgan fingerprint density at radius 3 is 2.46 bits per heavy atom. The van der Waals surface area contributed by atoms with Crippen LogP contribution in [0.2, 0.25) is 0 Å². The number of anilines is 1. The van der Waals surface area contributed by atoms with E-state index >= 15 is 0 Å². The topological polar surface area (TPSA) is 127 Å². The van der Waals surface area contributed by atoms with E-state index in [1.54, 1.807) is 19.1 Å². The molecule has 2 aromatic rings. The third-order valence-corrected chi connectivity index (χ3v) is 4.79. The van der Waals surface area contributed by atoms with E-state index < -0.39 is 14.9 Å². The Balaban J connectivity index is 1.91. The second-order valence-corrected chi connectivity index (χ2v) is 6.85. The molecule has 0 radical (unpaired) electrons. The number of hydrogen-bond donors (Lipinski definition) is 2. The molecule has 0 spiro atoms. The fraction of sp³-hybridized carbons (Fsp3) is 0.286. The van der Waals surface area contributed by atoms with Gasteiger partial charge in [-0.05, 0) is 31.0 Å². The first-order chi connectivity index (χ1) is 11.3. The summed E-state index contributed by atoms with van der Waals surface area (Å²) in [4.78, 5) is 17.7. The number of benzene rings is 1. The van der Waals surface area contributed by atoms with Crippen molar-refractivity contribution in [3.05, 3.63) is 51.8 Å². The summed E-state index contributed by atoms with van der Waals surface area (Å²) in [5, 5.41) is 13.3. The highest BCUT2D eigenvalue weighted by atomic mass is 32.2. The van der Waals surface area contributed by atoms with Crippen molar-refractivity contribution in [3.8, 4) is 0 Å². The maximum absolute atomic E-state index is 12.3. The number of nitrogens with zero attached hydrogens (tertiary/aromatic N) is 3. The number of nitrogens with one attached hydrogen (secondary N) is 2. The van der Waals surface area contributed by atoms with Crippen molar-refractivity contribution >= 4 is 21.7 Å². The molecule has 0 bridgehead atoms. The third-order valence-electron chi connectivity index (χ3n) is 3.18. The Labute approximate surface area is 139 Å². The fourth-order valence-electron chi connectivity index (χ4n) is 1.94. The minimum absolute atomic E-state index is 0.121. The van der Waals surface area contributed by atoms with Crippen molar-refractivity contribution in [2.75, 3.05) is 18.4 Å². The Morgan fingerprint density at radius 1 is 1.17 bits per heavy atom. The Bertz CT molecular complexity index is 837. The van der Waals surface area contributed by atoms with Crippen LogP contribution >= 0.6 is 0 Å². The molecule has 0 aliphatic heterocycles. The number of aryl methyl sites for hydroxylation is 2. The van der Waals surface area contributed by atoms with E-state index in [1.165, 1.54) is 0 Å². The van der Waals surface area contributed by atoms with E-state index in [1.807, 2.05) is 13.0 Å². The summed E-state index contributed by atoms with van der Waals surface area (Å²) in [6.45, 7) is 3.92. The van der Waals surface area contributed by atoms with Crippen LogP contribution in [0.25, 0.3) is 0 Å². The maximum atomic E-state index is 12.3. The van der Waals surface area contributed by atoms with Gasteiger partial charge in [0.1, 0.15) is 12.4 Å². The zero-order chi connectivity index (χ0) is 17.7. The van der Waals surface area contributed by atoms with Crippen LogP contribution in [0.1, 0.15) is 11.1 Å². The van der Waals surface area contributed by atoms with Crippen LogP contribution in [-0.4, -0.2) is 36.4 Å². The number of nitro groups is 1. The monoisotopic (exact) mass is 351 g/mol. The Morgan fingerprint density at radius 2 is 1.83 bits per heavy atom. The predicted molar refractivity (Wildman–Crippen MR) is 88.3 cm³/mol. The number of aromatic nitrogens is 2. The molecule has 0 saturated carbocycles. The van der Waals surface area contributed by atoms with Crippen molar-refractivity contribution in [3.63, 3.8) is 0 Å². The molecule has 24 heavy (non-hydrogen) atoms. The van der Waals surface area contributed by atoms with E-state index in [9.17, 15) is 18.5 Å². The number of sulfonamides is 1. The summed E-state index contributed by atoms with van der Waals surface area (Å²) >= 11 is 0. The summed E-state index contributed by atoms with van der Waals surface area (Å²) in [6.07, 6.45) is 2.16. The largest absolute Gasteiger partial charge is 0.353 e. The lowest BCUT2D eigenvalue weighted by molar-refractivity contribution is -0.385. The molecule has 0 atom stereocenters. The van der Waals surface area contributed by atoms with Gasteiger partial charge in [0.2, 0.25) is 16.0 Å². The van der Waals surface area contributed by atoms with Gasteiger partial charge in [0, 0.05) is 13.1 Å². The minimum Gasteiger partial charge on any atom is -0.353 e. The van der Waals surface area contributed by atoms with Crippen LogP contribution in [0.3, 0.4) is 0 Å². The zero-order valence-electron chi connectivity index (χ0n) is 13.2. The van der Waals surface area contributed by atoms with Gasteiger partial charge < -0.3 is 5.32 Å². The lowest BCUT2D eigenvalue weighted by Crippen LogP contribution is -2.29. The summed E-state index contributed by atoms with van der Waals surface area (Å²) in [5.41, 5.74) is 1.31. The molecule has 0 aliphatic rings. The fourth-order valence-corrected chi connectivity index (χ4v) is 3.30. The molecular formula is C14H17N5O4S. The van der Waals surface area contributed by atoms with Crippen molar-refractivity contribution < 1.29 is 13.3 Å². The van der Waals surface area contributed by atoms with Gasteiger partial charge in [-0.1, -0.05) is 12.1 Å². The lowest BCUT2D eigenvalue weighted by Gasteiger charge is -2.10. The normalized spacial score (nSPS) is 11.2. The molecule has 10 heteroatoms. The van der Waals surface area contributed by atoms with Crippen molar-refractivity contribution in [1.82, 2.24) is 14.7 Å². The van der Waals surface area contributed by atoms with E-state index in [0.717, 1.165) is 18.0 Å². The van der Waals surface area contributed by atoms with Gasteiger partial charge in [0.25, 0.3) is 0 Å². The molecule has 2 N–H and O–H groups in total. The van der Waals surface area contributed by atoms with Crippen LogP contribution < -0.4 is 10.0 Å². The summed E-state index contributed by atoms with van der Waals surface area (Å²) in [5.74, 6) is 0.187. The van der Waals surface area contributed by atoms with E-state index in [2.05, 4.69) is 20.0 Å². The molecule has 0 aliphatic carbocycles. The van der Waals surface area contributed by atoms with Gasteiger partial charge in [0.05, 0.1) is 9.82 Å². The average molecular weight is 351 g/mol. The van der Waals surface area contributed by atoms with Gasteiger partial charge in [-0.3, -0.25) is 10.1 Å². The first kappa shape index (κ1) is 17.8. The van der Waals surface area contributed by atoms with Gasteiger partial charge in [-0.15, -0.1) is 0 Å². The average Bonchev–Trinajstić information content (AvgIpc) is 2.54. The van der Waals surface area contributed by atoms with Crippen LogP contribution in [0.15, 0.2) is 35.5 Å². The van der Waals surface area contributed by atoms with Crippen molar-refractivity contribution in [2.24, 2.45) is 0 Å². The Kier molecular flexibility index (Phi) is 5.42. The van der Waals surface area contributed by atoms with E-state index in [4.69, 9.17) is 0 Å². The van der Waals surface area contributed by atoms with Gasteiger partial charge in [-0.25, -0.2) is 23.1 Å². The third kappa shape index (κ3) is 4.46. The molecule has 9 nitrogen and oxygen atoms in total. The summed E-state index contributed by atoms with van der Waals surface area (Å²) in [6, 6.07) is 5.22. The first-order valence-corrected chi connectivity index (χ1v) is 8.55. The second kappa shape index (κ2) is 7.32. The van der Waals surface area contributed by atoms with Crippen molar-refractivity contribution in [2.45, 2.75) is 18.7 Å². The SMILES string of the molecule is Cc1ccc(C)c(S(=O)(=O)NCCNc2ncc([N+](=O)[O-])cn2)c1. The maximum Gasteiger partial charge on any atom is 0.305 e. The van der Waals surface area contributed by atoms with Crippen molar-refractivity contribution in [1.29, 1.82) is 0 Å². The highest BCUT2D eigenvalue weighted by Gasteiger charge is 2.16. The molecule has 1 heterocycles. The quantitative estimate of drug-likeness (QED) is 0.438. The smallest absolute Gasteiger partial charge is 0.305 e. The van der Waals surface area contributed by atoms with E-state index in [-0.39, 0.29) is 29.6 Å². The van der Waals surface area contributed by atoms with Crippen LogP contribution in [-0.2, 0) is 10.0 Å². The molecule has 1 aromatic carbocycles. The zero-order valence-corrected chi connectivity index (χ0v) is 14.0. The molecule has 2 rings (SSSR count). The van der Waals surface area contributed by atoms with E-state index in [0.29, 0.717) is 5.56 Å². The molecule has 0 saturated heterocycles. The first-order valence-electron chi connectivity index (χ1n) is 7.07. The standard InChI is InChI=1S/C14H17N5O4S/c1-10-3-4-11(2)13(7-10)24(22,23)18-6-5-15-14-16-8-12(9-17-14)19(20)21/h3-4,7-9,18H,5-6H2,1-2H3,(H,15,16,17). The van der Waals surface area contributed by atoms with Gasteiger partial charge >= 0.3 is 5.69 Å². The van der Waals surface area contributed by atoms with Crippen LogP contribution in [0, 0.1) is 24.0 Å². The molecule has 0 unspecified atom stereocenters. The predicted octanol–water partition coefficient (Wildman–Crippen LogP) is 1.39. The van der Waals surface area contributed by atoms with Crippen LogP contribution in [0.5, 0.6) is 0 Å². The number of rotatable bonds is 7. The Hall–Kier alpha value is -2.59. The summed E-state index contributed by atoms with van der Waals surface area (Å²) in [7, 11) is -3.61. The van der Waals surface area contributed by atoms with Gasteiger partial charge in [-0.2, -0.15) is 0 Å². The minimum atomic E-state index is -3.61. The number of hydrogen-bond acceptors (Lipinski definition) is 7. The highest BCUT2D eigenvalue weighted by molar-refractivity contribution is 7.89. The molecular weight excluding hydrogens is 334 g/mol.